The van der Waals surface area contributed by atoms with E-state index in [1.54, 1.807) is 24.2 Å². The van der Waals surface area contributed by atoms with Crippen LogP contribution in [0.4, 0.5) is 0 Å². The maximum absolute atomic E-state index is 12.0. The second kappa shape index (κ2) is 7.73. The molecule has 0 aliphatic carbocycles. The summed E-state index contributed by atoms with van der Waals surface area (Å²) >= 11 is 0. The van der Waals surface area contributed by atoms with Crippen molar-refractivity contribution in [3.63, 3.8) is 0 Å². The summed E-state index contributed by atoms with van der Waals surface area (Å²) < 4.78 is 16.5. The molecule has 1 heterocycles. The number of amides is 1. The Balaban J connectivity index is 2.12. The Morgan fingerprint density at radius 1 is 1.36 bits per heavy atom. The molecule has 5 nitrogen and oxygen atoms in total. The van der Waals surface area contributed by atoms with Crippen LogP contribution in [0.15, 0.2) is 18.2 Å². The zero-order chi connectivity index (χ0) is 15.9. The molecule has 1 amide bonds. The molecule has 0 saturated heterocycles. The summed E-state index contributed by atoms with van der Waals surface area (Å²) in [4.78, 5) is 13.7. The average molecular weight is 305 g/mol. The van der Waals surface area contributed by atoms with E-state index in [-0.39, 0.29) is 5.91 Å². The van der Waals surface area contributed by atoms with E-state index in [0.29, 0.717) is 30.5 Å². The van der Waals surface area contributed by atoms with E-state index in [4.69, 9.17) is 14.2 Å². The van der Waals surface area contributed by atoms with Crippen molar-refractivity contribution in [3.05, 3.63) is 23.8 Å². The molecular formula is C17H23NO4. The SMILES string of the molecule is CCCCN(C)C(=O)/C=C/c1cc(OC)c2c(c1)OCCO2. The van der Waals surface area contributed by atoms with Crippen LogP contribution in [0, 0.1) is 0 Å². The van der Waals surface area contributed by atoms with Crippen molar-refractivity contribution in [2.75, 3.05) is 33.9 Å². The van der Waals surface area contributed by atoms with Crippen LogP contribution >= 0.6 is 0 Å². The predicted molar refractivity (Wildman–Crippen MR) is 85.6 cm³/mol. The zero-order valence-corrected chi connectivity index (χ0v) is 13.4. The van der Waals surface area contributed by atoms with Crippen LogP contribution in [0.1, 0.15) is 25.3 Å². The smallest absolute Gasteiger partial charge is 0.246 e. The van der Waals surface area contributed by atoms with E-state index in [1.807, 2.05) is 19.2 Å². The van der Waals surface area contributed by atoms with Gasteiger partial charge in [-0.1, -0.05) is 13.3 Å². The zero-order valence-electron chi connectivity index (χ0n) is 13.4. The highest BCUT2D eigenvalue weighted by molar-refractivity contribution is 5.91. The Morgan fingerprint density at radius 3 is 2.86 bits per heavy atom. The first kappa shape index (κ1) is 16.2. The van der Waals surface area contributed by atoms with Gasteiger partial charge < -0.3 is 19.1 Å². The van der Waals surface area contributed by atoms with E-state index >= 15 is 0 Å². The Hall–Kier alpha value is -2.17. The normalized spacial score (nSPS) is 13.2. The first-order valence-electron chi connectivity index (χ1n) is 7.56. The number of nitrogens with zero attached hydrogens (tertiary/aromatic N) is 1. The number of rotatable bonds is 6. The summed E-state index contributed by atoms with van der Waals surface area (Å²) in [6.07, 6.45) is 5.42. The van der Waals surface area contributed by atoms with Crippen molar-refractivity contribution in [2.45, 2.75) is 19.8 Å². The number of ether oxygens (including phenoxy) is 3. The number of carbonyl (C=O) groups is 1. The maximum Gasteiger partial charge on any atom is 0.246 e. The molecule has 0 fully saturated rings. The molecule has 1 aliphatic heterocycles. The van der Waals surface area contributed by atoms with Crippen molar-refractivity contribution >= 4 is 12.0 Å². The minimum atomic E-state index is -0.0118. The highest BCUT2D eigenvalue weighted by atomic mass is 16.6. The second-order valence-electron chi connectivity index (χ2n) is 5.19. The fourth-order valence-corrected chi connectivity index (χ4v) is 2.19. The number of unbranched alkanes of at least 4 members (excludes halogenated alkanes) is 1. The molecule has 5 heteroatoms. The van der Waals surface area contributed by atoms with Crippen LogP contribution in [0.5, 0.6) is 17.2 Å². The van der Waals surface area contributed by atoms with Gasteiger partial charge in [0.15, 0.2) is 11.5 Å². The number of fused-ring (bicyclic) bond motifs is 1. The van der Waals surface area contributed by atoms with Gasteiger partial charge in [0.25, 0.3) is 0 Å². The lowest BCUT2D eigenvalue weighted by Crippen LogP contribution is -2.25. The molecule has 0 aromatic heterocycles. The molecule has 0 bridgehead atoms. The number of hydrogen-bond donors (Lipinski definition) is 0. The van der Waals surface area contributed by atoms with E-state index in [2.05, 4.69) is 6.92 Å². The molecule has 0 spiro atoms. The van der Waals surface area contributed by atoms with Crippen molar-refractivity contribution < 1.29 is 19.0 Å². The van der Waals surface area contributed by atoms with Gasteiger partial charge >= 0.3 is 0 Å². The van der Waals surface area contributed by atoms with Gasteiger partial charge in [-0.15, -0.1) is 0 Å². The highest BCUT2D eigenvalue weighted by Gasteiger charge is 2.17. The summed E-state index contributed by atoms with van der Waals surface area (Å²) in [5, 5.41) is 0. The Labute approximate surface area is 131 Å². The fraction of sp³-hybridized carbons (Fsp3) is 0.471. The molecule has 1 aliphatic rings. The molecular weight excluding hydrogens is 282 g/mol. The Bertz CT molecular complexity index is 537. The van der Waals surface area contributed by atoms with Crippen LogP contribution < -0.4 is 14.2 Å². The lowest BCUT2D eigenvalue weighted by atomic mass is 10.1. The average Bonchev–Trinajstić information content (AvgIpc) is 2.56. The van der Waals surface area contributed by atoms with Gasteiger partial charge in [0.05, 0.1) is 7.11 Å². The molecule has 0 saturated carbocycles. The predicted octanol–water partition coefficient (Wildman–Crippen LogP) is 2.74. The summed E-state index contributed by atoms with van der Waals surface area (Å²) in [6, 6.07) is 3.69. The van der Waals surface area contributed by atoms with E-state index in [1.165, 1.54) is 0 Å². The fourth-order valence-electron chi connectivity index (χ4n) is 2.19. The Kier molecular flexibility index (Phi) is 5.69. The summed E-state index contributed by atoms with van der Waals surface area (Å²) in [6.45, 7) is 3.90. The van der Waals surface area contributed by atoms with Crippen molar-refractivity contribution in [1.82, 2.24) is 4.90 Å². The topological polar surface area (TPSA) is 48.0 Å². The summed E-state index contributed by atoms with van der Waals surface area (Å²) in [7, 11) is 3.40. The van der Waals surface area contributed by atoms with Crippen LogP contribution in [-0.2, 0) is 4.79 Å². The van der Waals surface area contributed by atoms with E-state index < -0.39 is 0 Å². The molecule has 1 aromatic carbocycles. The minimum Gasteiger partial charge on any atom is -0.493 e. The summed E-state index contributed by atoms with van der Waals surface area (Å²) in [5.41, 5.74) is 0.846. The molecule has 120 valence electrons. The van der Waals surface area contributed by atoms with Gasteiger partial charge in [0.2, 0.25) is 11.7 Å². The lowest BCUT2D eigenvalue weighted by Gasteiger charge is -2.21. The largest absolute Gasteiger partial charge is 0.493 e. The summed E-state index contributed by atoms with van der Waals surface area (Å²) in [5.74, 6) is 1.88. The number of benzene rings is 1. The quantitative estimate of drug-likeness (QED) is 0.758. The van der Waals surface area contributed by atoms with Crippen LogP contribution in [0.3, 0.4) is 0 Å². The lowest BCUT2D eigenvalue weighted by molar-refractivity contribution is -0.124. The van der Waals surface area contributed by atoms with Gasteiger partial charge in [-0.25, -0.2) is 0 Å². The van der Waals surface area contributed by atoms with Crippen LogP contribution in [0.25, 0.3) is 6.08 Å². The monoisotopic (exact) mass is 305 g/mol. The molecule has 22 heavy (non-hydrogen) atoms. The number of methoxy groups -OCH3 is 1. The van der Waals surface area contributed by atoms with Crippen LogP contribution in [-0.4, -0.2) is 44.7 Å². The minimum absolute atomic E-state index is 0.0118. The standard InChI is InChI=1S/C17H23NO4/c1-4-5-8-18(2)16(19)7-6-13-11-14(20-3)17-15(12-13)21-9-10-22-17/h6-7,11-12H,4-5,8-10H2,1-3H3/b7-6+. The second-order valence-corrected chi connectivity index (χ2v) is 5.19. The van der Waals surface area contributed by atoms with Crippen molar-refractivity contribution in [2.24, 2.45) is 0 Å². The van der Waals surface area contributed by atoms with Crippen molar-refractivity contribution in [3.8, 4) is 17.2 Å². The van der Waals surface area contributed by atoms with Gasteiger partial charge in [-0.2, -0.15) is 0 Å². The maximum atomic E-state index is 12.0. The van der Waals surface area contributed by atoms with Gasteiger partial charge in [-0.3, -0.25) is 4.79 Å². The highest BCUT2D eigenvalue weighted by Crippen LogP contribution is 2.40. The van der Waals surface area contributed by atoms with Gasteiger partial charge in [0, 0.05) is 19.7 Å². The third-order valence-electron chi connectivity index (χ3n) is 3.49. The van der Waals surface area contributed by atoms with Gasteiger partial charge in [-0.05, 0) is 30.2 Å². The number of likely N-dealkylation sites (N-methyl/N-ethyl adjacent to an activating group) is 1. The molecule has 0 atom stereocenters. The van der Waals surface area contributed by atoms with Gasteiger partial charge in [0.1, 0.15) is 13.2 Å². The van der Waals surface area contributed by atoms with Crippen molar-refractivity contribution in [1.29, 1.82) is 0 Å². The van der Waals surface area contributed by atoms with E-state index in [9.17, 15) is 4.79 Å². The third-order valence-corrected chi connectivity index (χ3v) is 3.49. The first-order chi connectivity index (χ1) is 10.7. The molecule has 0 radical (unpaired) electrons. The Morgan fingerprint density at radius 2 is 2.14 bits per heavy atom. The first-order valence-corrected chi connectivity index (χ1v) is 7.56. The number of hydrogen-bond acceptors (Lipinski definition) is 4. The molecule has 0 unspecified atom stereocenters. The molecule has 0 N–H and O–H groups in total. The van der Waals surface area contributed by atoms with E-state index in [0.717, 1.165) is 24.9 Å². The third kappa shape index (κ3) is 3.93. The molecule has 2 rings (SSSR count). The van der Waals surface area contributed by atoms with Crippen LogP contribution in [0.2, 0.25) is 0 Å². The molecule has 1 aromatic rings. The number of carbonyl (C=O) groups excluding carboxylic acids is 1.